The standard InChI is InChI=1S/C15H22BrN3.HI/c1-14(2,3)19-13(17)18-10-15(8-9-15)11-6-4-5-7-12(11)16;/h4-7H,8-10H2,1-3H3,(H3,17,18,19);1H. The van der Waals surface area contributed by atoms with Crippen LogP contribution in [-0.4, -0.2) is 18.0 Å². The highest BCUT2D eigenvalue weighted by molar-refractivity contribution is 14.0. The number of aliphatic imine (C=N–C) groups is 1. The SMILES string of the molecule is CC(C)(C)NC(N)=NCC1(c2ccccc2Br)CC1.I. The summed E-state index contributed by atoms with van der Waals surface area (Å²) in [6.07, 6.45) is 2.36. The molecule has 0 bridgehead atoms. The molecule has 0 heterocycles. The number of hydrogen-bond donors (Lipinski definition) is 2. The Hall–Kier alpha value is -0.300. The molecule has 0 spiro atoms. The molecular weight excluding hydrogens is 429 g/mol. The number of nitrogens with one attached hydrogen (secondary N) is 1. The molecule has 1 saturated carbocycles. The largest absolute Gasteiger partial charge is 0.370 e. The number of nitrogens with two attached hydrogens (primary N) is 1. The first-order valence-corrected chi connectivity index (χ1v) is 7.45. The highest BCUT2D eigenvalue weighted by atomic mass is 127. The molecular formula is C15H23BrIN3. The Morgan fingerprint density at radius 3 is 2.45 bits per heavy atom. The van der Waals surface area contributed by atoms with E-state index in [1.54, 1.807) is 0 Å². The monoisotopic (exact) mass is 451 g/mol. The quantitative estimate of drug-likeness (QED) is 0.417. The zero-order valence-corrected chi connectivity index (χ0v) is 16.2. The molecule has 0 atom stereocenters. The van der Waals surface area contributed by atoms with Gasteiger partial charge < -0.3 is 11.1 Å². The summed E-state index contributed by atoms with van der Waals surface area (Å²) in [6, 6.07) is 8.40. The van der Waals surface area contributed by atoms with Crippen molar-refractivity contribution in [3.8, 4) is 0 Å². The third-order valence-electron chi connectivity index (χ3n) is 3.35. The molecule has 2 rings (SSSR count). The topological polar surface area (TPSA) is 50.4 Å². The van der Waals surface area contributed by atoms with E-state index in [0.717, 1.165) is 6.54 Å². The number of benzene rings is 1. The van der Waals surface area contributed by atoms with E-state index in [1.165, 1.54) is 22.9 Å². The van der Waals surface area contributed by atoms with Gasteiger partial charge in [-0.25, -0.2) is 0 Å². The normalized spacial score (nSPS) is 17.3. The first-order valence-electron chi connectivity index (χ1n) is 6.66. The van der Waals surface area contributed by atoms with Crippen LogP contribution in [-0.2, 0) is 5.41 Å². The summed E-state index contributed by atoms with van der Waals surface area (Å²) in [4.78, 5) is 4.52. The maximum absolute atomic E-state index is 5.94. The molecule has 5 heteroatoms. The molecule has 3 N–H and O–H groups in total. The Morgan fingerprint density at radius 1 is 1.35 bits per heavy atom. The maximum atomic E-state index is 5.94. The van der Waals surface area contributed by atoms with Gasteiger partial charge in [0.1, 0.15) is 0 Å². The lowest BCUT2D eigenvalue weighted by atomic mass is 9.96. The molecule has 3 nitrogen and oxygen atoms in total. The van der Waals surface area contributed by atoms with Crippen molar-refractivity contribution in [1.82, 2.24) is 5.32 Å². The van der Waals surface area contributed by atoms with Gasteiger partial charge in [0.05, 0.1) is 6.54 Å². The van der Waals surface area contributed by atoms with Crippen LogP contribution in [0.3, 0.4) is 0 Å². The minimum Gasteiger partial charge on any atom is -0.370 e. The smallest absolute Gasteiger partial charge is 0.189 e. The maximum Gasteiger partial charge on any atom is 0.189 e. The Balaban J connectivity index is 0.00000200. The number of rotatable bonds is 3. The van der Waals surface area contributed by atoms with Crippen molar-refractivity contribution in [2.75, 3.05) is 6.54 Å². The summed E-state index contributed by atoms with van der Waals surface area (Å²) < 4.78 is 1.17. The highest BCUT2D eigenvalue weighted by Gasteiger charge is 2.45. The molecule has 1 aromatic carbocycles. The second-order valence-electron chi connectivity index (χ2n) is 6.34. The van der Waals surface area contributed by atoms with Gasteiger partial charge in [-0.1, -0.05) is 34.1 Å². The number of halogens is 2. The van der Waals surface area contributed by atoms with Crippen molar-refractivity contribution in [2.24, 2.45) is 10.7 Å². The lowest BCUT2D eigenvalue weighted by Crippen LogP contribution is -2.45. The van der Waals surface area contributed by atoms with Gasteiger partial charge in [-0.2, -0.15) is 0 Å². The Labute approximate surface area is 147 Å². The molecule has 112 valence electrons. The third kappa shape index (κ3) is 4.62. The summed E-state index contributed by atoms with van der Waals surface area (Å²) in [5.41, 5.74) is 7.43. The lowest BCUT2D eigenvalue weighted by molar-refractivity contribution is 0.507. The summed E-state index contributed by atoms with van der Waals surface area (Å²) >= 11 is 3.63. The predicted molar refractivity (Wildman–Crippen MR) is 99.8 cm³/mol. The van der Waals surface area contributed by atoms with Crippen LogP contribution in [0.15, 0.2) is 33.7 Å². The molecule has 20 heavy (non-hydrogen) atoms. The fraction of sp³-hybridized carbons (Fsp3) is 0.533. The lowest BCUT2D eigenvalue weighted by Gasteiger charge is -2.22. The van der Waals surface area contributed by atoms with E-state index in [1.807, 2.05) is 6.07 Å². The average Bonchev–Trinajstić information content (AvgIpc) is 3.06. The van der Waals surface area contributed by atoms with E-state index in [9.17, 15) is 0 Å². The molecule has 0 aliphatic heterocycles. The fourth-order valence-corrected chi connectivity index (χ4v) is 2.92. The zero-order chi connectivity index (χ0) is 14.1. The molecule has 1 aromatic rings. The molecule has 1 aliphatic carbocycles. The van der Waals surface area contributed by atoms with Crippen molar-refractivity contribution >= 4 is 45.9 Å². The van der Waals surface area contributed by atoms with Crippen LogP contribution in [0.1, 0.15) is 39.2 Å². The van der Waals surface area contributed by atoms with Crippen molar-refractivity contribution in [2.45, 2.75) is 44.6 Å². The fourth-order valence-electron chi connectivity index (χ4n) is 2.22. The summed E-state index contributed by atoms with van der Waals surface area (Å²) in [6.45, 7) is 6.99. The van der Waals surface area contributed by atoms with Crippen molar-refractivity contribution in [1.29, 1.82) is 0 Å². The third-order valence-corrected chi connectivity index (χ3v) is 4.05. The van der Waals surface area contributed by atoms with Gasteiger partial charge in [-0.3, -0.25) is 4.99 Å². The van der Waals surface area contributed by atoms with E-state index in [4.69, 9.17) is 5.73 Å². The summed E-state index contributed by atoms with van der Waals surface area (Å²) in [5, 5.41) is 3.20. The zero-order valence-electron chi connectivity index (χ0n) is 12.2. The summed E-state index contributed by atoms with van der Waals surface area (Å²) in [5.74, 6) is 0.533. The Kier molecular flexibility index (Phi) is 5.89. The Bertz CT molecular complexity index is 490. The molecule has 1 fully saturated rings. The second kappa shape index (κ2) is 6.64. The average molecular weight is 452 g/mol. The van der Waals surface area contributed by atoms with Crippen LogP contribution in [0.4, 0.5) is 0 Å². The van der Waals surface area contributed by atoms with Crippen molar-refractivity contribution < 1.29 is 0 Å². The van der Waals surface area contributed by atoms with Crippen LogP contribution < -0.4 is 11.1 Å². The van der Waals surface area contributed by atoms with Crippen LogP contribution >= 0.6 is 39.9 Å². The molecule has 1 aliphatic rings. The predicted octanol–water partition coefficient (Wildman–Crippen LogP) is 3.80. The van der Waals surface area contributed by atoms with Crippen LogP contribution in [0.2, 0.25) is 0 Å². The molecule has 0 aromatic heterocycles. The van der Waals surface area contributed by atoms with Crippen molar-refractivity contribution in [3.05, 3.63) is 34.3 Å². The van der Waals surface area contributed by atoms with Gasteiger partial charge in [-0.15, -0.1) is 24.0 Å². The molecule has 0 radical (unpaired) electrons. The minimum absolute atomic E-state index is 0. The summed E-state index contributed by atoms with van der Waals surface area (Å²) in [7, 11) is 0. The second-order valence-corrected chi connectivity index (χ2v) is 7.19. The van der Waals surface area contributed by atoms with Gasteiger partial charge >= 0.3 is 0 Å². The number of hydrogen-bond acceptors (Lipinski definition) is 1. The van der Waals surface area contributed by atoms with Gasteiger partial charge in [0.15, 0.2) is 5.96 Å². The van der Waals surface area contributed by atoms with Crippen LogP contribution in [0.25, 0.3) is 0 Å². The van der Waals surface area contributed by atoms with E-state index < -0.39 is 0 Å². The first kappa shape index (κ1) is 17.8. The molecule has 0 saturated heterocycles. The number of guanidine groups is 1. The van der Waals surface area contributed by atoms with E-state index in [0.29, 0.717) is 5.96 Å². The van der Waals surface area contributed by atoms with E-state index in [-0.39, 0.29) is 34.9 Å². The minimum atomic E-state index is -0.0440. The molecule has 0 unspecified atom stereocenters. The van der Waals surface area contributed by atoms with E-state index in [2.05, 4.69) is 65.2 Å². The highest BCUT2D eigenvalue weighted by Crippen LogP contribution is 2.50. The molecule has 0 amide bonds. The van der Waals surface area contributed by atoms with Crippen LogP contribution in [0, 0.1) is 0 Å². The van der Waals surface area contributed by atoms with Gasteiger partial charge in [0, 0.05) is 15.4 Å². The first-order chi connectivity index (χ1) is 8.82. The van der Waals surface area contributed by atoms with Gasteiger partial charge in [0.25, 0.3) is 0 Å². The van der Waals surface area contributed by atoms with Crippen LogP contribution in [0.5, 0.6) is 0 Å². The van der Waals surface area contributed by atoms with Crippen molar-refractivity contribution in [3.63, 3.8) is 0 Å². The van der Waals surface area contributed by atoms with Gasteiger partial charge in [-0.05, 0) is 45.2 Å². The Morgan fingerprint density at radius 2 is 1.95 bits per heavy atom. The van der Waals surface area contributed by atoms with Gasteiger partial charge in [0.2, 0.25) is 0 Å². The number of nitrogens with zero attached hydrogens (tertiary/aromatic N) is 1. The van der Waals surface area contributed by atoms with E-state index >= 15 is 0 Å².